The standard InChI is InChI=1S/C10H17N3.ClH/c1-9(10-3-2-4-12-10)13-7-5-11-6-8-13;/h2-4,9,11-12H,5-8H2,1H3;1H. The second-order valence-corrected chi connectivity index (χ2v) is 3.59. The molecule has 1 saturated heterocycles. The molecule has 3 nitrogen and oxygen atoms in total. The summed E-state index contributed by atoms with van der Waals surface area (Å²) in [6.07, 6.45) is 1.99. The van der Waals surface area contributed by atoms with Gasteiger partial charge >= 0.3 is 0 Å². The SMILES string of the molecule is CC(c1ccc[nH]1)N1CCNCC1.Cl. The summed E-state index contributed by atoms with van der Waals surface area (Å²) in [4.78, 5) is 5.77. The fourth-order valence-corrected chi connectivity index (χ4v) is 1.87. The van der Waals surface area contributed by atoms with Crippen LogP contribution in [0.5, 0.6) is 0 Å². The fraction of sp³-hybridized carbons (Fsp3) is 0.600. The molecular formula is C10H18ClN3. The lowest BCUT2D eigenvalue weighted by molar-refractivity contribution is 0.183. The van der Waals surface area contributed by atoms with Crippen molar-refractivity contribution < 1.29 is 0 Å². The van der Waals surface area contributed by atoms with Crippen LogP contribution in [-0.2, 0) is 0 Å². The Morgan fingerprint density at radius 1 is 1.36 bits per heavy atom. The molecule has 0 radical (unpaired) electrons. The predicted octanol–water partition coefficient (Wildman–Crippen LogP) is 1.40. The van der Waals surface area contributed by atoms with Gasteiger partial charge in [0.05, 0.1) is 0 Å². The third-order valence-electron chi connectivity index (χ3n) is 2.77. The fourth-order valence-electron chi connectivity index (χ4n) is 1.87. The lowest BCUT2D eigenvalue weighted by Gasteiger charge is -2.32. The molecule has 2 heterocycles. The van der Waals surface area contributed by atoms with E-state index >= 15 is 0 Å². The normalized spacial score (nSPS) is 20.1. The number of halogens is 1. The van der Waals surface area contributed by atoms with Crippen molar-refractivity contribution in [3.63, 3.8) is 0 Å². The van der Waals surface area contributed by atoms with Gasteiger partial charge in [0, 0.05) is 44.1 Å². The number of piperazine rings is 1. The number of hydrogen-bond donors (Lipinski definition) is 2. The van der Waals surface area contributed by atoms with Crippen LogP contribution in [0.1, 0.15) is 18.7 Å². The Labute approximate surface area is 91.3 Å². The third kappa shape index (κ3) is 2.50. The van der Waals surface area contributed by atoms with E-state index in [0.29, 0.717) is 6.04 Å². The maximum absolute atomic E-state index is 3.36. The first-order valence-corrected chi connectivity index (χ1v) is 4.96. The largest absolute Gasteiger partial charge is 0.364 e. The van der Waals surface area contributed by atoms with Crippen LogP contribution in [0.25, 0.3) is 0 Å². The van der Waals surface area contributed by atoms with Crippen LogP contribution in [0.4, 0.5) is 0 Å². The highest BCUT2D eigenvalue weighted by atomic mass is 35.5. The van der Waals surface area contributed by atoms with Gasteiger partial charge in [0.1, 0.15) is 0 Å². The molecule has 80 valence electrons. The van der Waals surface area contributed by atoms with E-state index in [-0.39, 0.29) is 12.4 Å². The smallest absolute Gasteiger partial charge is 0.0471 e. The monoisotopic (exact) mass is 215 g/mol. The molecule has 1 atom stereocenters. The number of aromatic nitrogens is 1. The van der Waals surface area contributed by atoms with Crippen molar-refractivity contribution in [3.8, 4) is 0 Å². The summed E-state index contributed by atoms with van der Waals surface area (Å²) in [6.45, 7) is 6.80. The number of nitrogens with one attached hydrogen (secondary N) is 2. The molecule has 1 aromatic heterocycles. The van der Waals surface area contributed by atoms with Crippen LogP contribution in [-0.4, -0.2) is 36.1 Å². The van der Waals surface area contributed by atoms with Crippen LogP contribution >= 0.6 is 12.4 Å². The number of H-pyrrole nitrogens is 1. The van der Waals surface area contributed by atoms with E-state index in [1.54, 1.807) is 0 Å². The van der Waals surface area contributed by atoms with E-state index in [0.717, 1.165) is 26.2 Å². The van der Waals surface area contributed by atoms with Gasteiger partial charge in [-0.25, -0.2) is 0 Å². The third-order valence-corrected chi connectivity index (χ3v) is 2.77. The Bertz CT molecular complexity index is 242. The molecule has 0 amide bonds. The topological polar surface area (TPSA) is 31.1 Å². The van der Waals surface area contributed by atoms with Gasteiger partial charge < -0.3 is 10.3 Å². The number of hydrogen-bond acceptors (Lipinski definition) is 2. The van der Waals surface area contributed by atoms with E-state index < -0.39 is 0 Å². The van der Waals surface area contributed by atoms with E-state index in [1.807, 2.05) is 6.20 Å². The van der Waals surface area contributed by atoms with Gasteiger partial charge in [0.25, 0.3) is 0 Å². The van der Waals surface area contributed by atoms with Gasteiger partial charge in [0.2, 0.25) is 0 Å². The average molecular weight is 216 g/mol. The maximum Gasteiger partial charge on any atom is 0.0471 e. The van der Waals surface area contributed by atoms with Crippen molar-refractivity contribution in [3.05, 3.63) is 24.0 Å². The van der Waals surface area contributed by atoms with Crippen molar-refractivity contribution in [2.24, 2.45) is 0 Å². The molecule has 4 heteroatoms. The molecule has 2 rings (SSSR count). The molecule has 1 aliphatic rings. The minimum absolute atomic E-state index is 0. The first-order valence-electron chi connectivity index (χ1n) is 4.96. The Balaban J connectivity index is 0.000000980. The molecule has 0 bridgehead atoms. The Hall–Kier alpha value is -0.510. The number of nitrogens with zero attached hydrogens (tertiary/aromatic N) is 1. The zero-order valence-electron chi connectivity index (χ0n) is 8.49. The van der Waals surface area contributed by atoms with Crippen LogP contribution in [0.3, 0.4) is 0 Å². The molecule has 0 saturated carbocycles. The maximum atomic E-state index is 3.36. The van der Waals surface area contributed by atoms with Crippen molar-refractivity contribution in [2.45, 2.75) is 13.0 Å². The van der Waals surface area contributed by atoms with Crippen molar-refractivity contribution >= 4 is 12.4 Å². The van der Waals surface area contributed by atoms with Gasteiger partial charge in [-0.3, -0.25) is 4.90 Å². The highest BCUT2D eigenvalue weighted by Gasteiger charge is 2.17. The van der Waals surface area contributed by atoms with Gasteiger partial charge in [-0.2, -0.15) is 0 Å². The summed E-state index contributed by atoms with van der Waals surface area (Å²) in [5.74, 6) is 0. The summed E-state index contributed by atoms with van der Waals surface area (Å²) in [5, 5.41) is 3.36. The second kappa shape index (κ2) is 5.39. The van der Waals surface area contributed by atoms with Crippen LogP contribution < -0.4 is 5.32 Å². The van der Waals surface area contributed by atoms with Crippen LogP contribution in [0.15, 0.2) is 18.3 Å². The highest BCUT2D eigenvalue weighted by molar-refractivity contribution is 5.85. The van der Waals surface area contributed by atoms with Crippen molar-refractivity contribution in [1.82, 2.24) is 15.2 Å². The molecule has 1 fully saturated rings. The summed E-state index contributed by atoms with van der Waals surface area (Å²) in [6, 6.07) is 4.75. The summed E-state index contributed by atoms with van der Waals surface area (Å²) < 4.78 is 0. The lowest BCUT2D eigenvalue weighted by atomic mass is 10.2. The zero-order chi connectivity index (χ0) is 9.10. The first-order chi connectivity index (χ1) is 6.38. The molecule has 1 aromatic rings. The molecule has 1 unspecified atom stereocenters. The Morgan fingerprint density at radius 2 is 2.07 bits per heavy atom. The van der Waals surface area contributed by atoms with Gasteiger partial charge in [-0.15, -0.1) is 12.4 Å². The average Bonchev–Trinajstić information content (AvgIpc) is 2.71. The summed E-state index contributed by atoms with van der Waals surface area (Å²) >= 11 is 0. The molecule has 14 heavy (non-hydrogen) atoms. The molecule has 0 aliphatic carbocycles. The van der Waals surface area contributed by atoms with E-state index in [1.165, 1.54) is 5.69 Å². The minimum atomic E-state index is 0. The zero-order valence-corrected chi connectivity index (χ0v) is 9.31. The molecule has 2 N–H and O–H groups in total. The van der Waals surface area contributed by atoms with Gasteiger partial charge in [0.15, 0.2) is 0 Å². The van der Waals surface area contributed by atoms with Gasteiger partial charge in [-0.05, 0) is 19.1 Å². The van der Waals surface area contributed by atoms with E-state index in [9.17, 15) is 0 Å². The highest BCUT2D eigenvalue weighted by Crippen LogP contribution is 2.17. The minimum Gasteiger partial charge on any atom is -0.364 e. The Kier molecular flexibility index (Phi) is 4.45. The molecular weight excluding hydrogens is 198 g/mol. The Morgan fingerprint density at radius 3 is 2.64 bits per heavy atom. The van der Waals surface area contributed by atoms with Crippen LogP contribution in [0, 0.1) is 0 Å². The molecule has 1 aliphatic heterocycles. The van der Waals surface area contributed by atoms with Crippen molar-refractivity contribution in [1.29, 1.82) is 0 Å². The van der Waals surface area contributed by atoms with Gasteiger partial charge in [-0.1, -0.05) is 0 Å². The first kappa shape index (κ1) is 11.6. The molecule has 0 spiro atoms. The summed E-state index contributed by atoms with van der Waals surface area (Å²) in [5.41, 5.74) is 1.32. The summed E-state index contributed by atoms with van der Waals surface area (Å²) in [7, 11) is 0. The van der Waals surface area contributed by atoms with Crippen molar-refractivity contribution in [2.75, 3.05) is 26.2 Å². The predicted molar refractivity (Wildman–Crippen MR) is 60.9 cm³/mol. The quantitative estimate of drug-likeness (QED) is 0.782. The number of rotatable bonds is 2. The van der Waals surface area contributed by atoms with E-state index in [4.69, 9.17) is 0 Å². The molecule has 0 aromatic carbocycles. The van der Waals surface area contributed by atoms with E-state index in [2.05, 4.69) is 34.3 Å². The lowest BCUT2D eigenvalue weighted by Crippen LogP contribution is -2.44. The second-order valence-electron chi connectivity index (χ2n) is 3.59. The van der Waals surface area contributed by atoms with Crippen LogP contribution in [0.2, 0.25) is 0 Å². The number of aromatic amines is 1.